The van der Waals surface area contributed by atoms with Crippen LogP contribution in [-0.2, 0) is 17.6 Å². The molecular formula is C22H23N5O2S. The van der Waals surface area contributed by atoms with Gasteiger partial charge < -0.3 is 15.3 Å². The van der Waals surface area contributed by atoms with E-state index in [4.69, 9.17) is 0 Å². The molecule has 0 spiro atoms. The molecule has 4 aromatic rings. The first-order valence-corrected chi connectivity index (χ1v) is 10.6. The number of nitrogens with zero attached hydrogens (tertiary/aromatic N) is 2. The lowest BCUT2D eigenvalue weighted by Gasteiger charge is -2.18. The van der Waals surface area contributed by atoms with Crippen LogP contribution in [0.5, 0.6) is 0 Å². The maximum atomic E-state index is 12.9. The normalized spacial score (nSPS) is 12.2. The molecule has 1 unspecified atom stereocenters. The third kappa shape index (κ3) is 4.33. The maximum Gasteiger partial charge on any atom is 0.251 e. The van der Waals surface area contributed by atoms with Crippen LogP contribution in [0.15, 0.2) is 41.3 Å². The summed E-state index contributed by atoms with van der Waals surface area (Å²) in [6, 6.07) is 9.04. The van der Waals surface area contributed by atoms with E-state index in [1.54, 1.807) is 6.92 Å². The van der Waals surface area contributed by atoms with Crippen molar-refractivity contribution in [3.05, 3.63) is 79.5 Å². The Morgan fingerprint density at radius 2 is 2.00 bits per heavy atom. The number of hydrogen-bond donors (Lipinski definition) is 3. The molecule has 1 atom stereocenters. The second-order valence-corrected chi connectivity index (χ2v) is 8.65. The molecule has 3 heterocycles. The van der Waals surface area contributed by atoms with Crippen LogP contribution in [0.25, 0.3) is 10.9 Å². The molecule has 0 aliphatic heterocycles. The number of benzene rings is 1. The predicted molar refractivity (Wildman–Crippen MR) is 118 cm³/mol. The lowest BCUT2D eigenvalue weighted by molar-refractivity contribution is -0.121. The van der Waals surface area contributed by atoms with Crippen molar-refractivity contribution in [1.29, 1.82) is 0 Å². The van der Waals surface area contributed by atoms with Crippen LogP contribution in [-0.4, -0.2) is 25.8 Å². The molecule has 0 fully saturated rings. The molecule has 0 saturated carbocycles. The molecule has 3 aromatic heterocycles. The lowest BCUT2D eigenvalue weighted by atomic mass is 10.0. The number of hydrogen-bond acceptors (Lipinski definition) is 5. The molecule has 0 radical (unpaired) electrons. The molecule has 30 heavy (non-hydrogen) atoms. The van der Waals surface area contributed by atoms with E-state index in [2.05, 4.69) is 25.3 Å². The Kier molecular flexibility index (Phi) is 5.50. The zero-order valence-corrected chi connectivity index (χ0v) is 17.9. The minimum atomic E-state index is -0.424. The Morgan fingerprint density at radius 3 is 2.73 bits per heavy atom. The van der Waals surface area contributed by atoms with Gasteiger partial charge in [-0.3, -0.25) is 9.59 Å². The minimum Gasteiger partial charge on any atom is -0.361 e. The summed E-state index contributed by atoms with van der Waals surface area (Å²) in [5.74, 6) is 0.399. The topological polar surface area (TPSA) is 104 Å². The lowest BCUT2D eigenvalue weighted by Crippen LogP contribution is -2.32. The number of aromatic amines is 2. The van der Waals surface area contributed by atoms with Gasteiger partial charge >= 0.3 is 0 Å². The summed E-state index contributed by atoms with van der Waals surface area (Å²) >= 11 is 1.53. The van der Waals surface area contributed by atoms with Crippen LogP contribution in [0.1, 0.15) is 38.7 Å². The number of nitrogens with one attached hydrogen (secondary N) is 3. The molecule has 0 bridgehead atoms. The van der Waals surface area contributed by atoms with Crippen molar-refractivity contribution in [1.82, 2.24) is 25.3 Å². The van der Waals surface area contributed by atoms with Gasteiger partial charge in [-0.15, -0.1) is 11.3 Å². The van der Waals surface area contributed by atoms with Gasteiger partial charge in [0.15, 0.2) is 0 Å². The van der Waals surface area contributed by atoms with Crippen molar-refractivity contribution in [2.45, 2.75) is 39.7 Å². The van der Waals surface area contributed by atoms with E-state index in [0.29, 0.717) is 17.9 Å². The van der Waals surface area contributed by atoms with Crippen molar-refractivity contribution in [2.24, 2.45) is 0 Å². The second kappa shape index (κ2) is 8.23. The molecule has 7 nitrogen and oxygen atoms in total. The van der Waals surface area contributed by atoms with Crippen LogP contribution in [0.4, 0.5) is 0 Å². The summed E-state index contributed by atoms with van der Waals surface area (Å²) in [6.45, 7) is 5.58. The zero-order chi connectivity index (χ0) is 21.3. The van der Waals surface area contributed by atoms with E-state index in [-0.39, 0.29) is 17.9 Å². The molecule has 8 heteroatoms. The fourth-order valence-electron chi connectivity index (χ4n) is 3.66. The van der Waals surface area contributed by atoms with Gasteiger partial charge in [-0.05, 0) is 32.4 Å². The monoisotopic (exact) mass is 421 g/mol. The molecule has 0 saturated heterocycles. The van der Waals surface area contributed by atoms with Crippen molar-refractivity contribution in [2.75, 3.05) is 0 Å². The highest BCUT2D eigenvalue weighted by atomic mass is 32.1. The fourth-order valence-corrected chi connectivity index (χ4v) is 4.60. The smallest absolute Gasteiger partial charge is 0.251 e. The minimum absolute atomic E-state index is 0.119. The van der Waals surface area contributed by atoms with Gasteiger partial charge in [0.1, 0.15) is 5.82 Å². The maximum absolute atomic E-state index is 12.9. The van der Waals surface area contributed by atoms with Gasteiger partial charge in [0.2, 0.25) is 5.91 Å². The molecule has 3 N–H and O–H groups in total. The number of carbonyl (C=O) groups is 1. The van der Waals surface area contributed by atoms with E-state index in [0.717, 1.165) is 32.0 Å². The largest absolute Gasteiger partial charge is 0.361 e. The van der Waals surface area contributed by atoms with E-state index < -0.39 is 6.04 Å². The number of rotatable bonds is 6. The highest BCUT2D eigenvalue weighted by molar-refractivity contribution is 7.11. The van der Waals surface area contributed by atoms with Crippen molar-refractivity contribution < 1.29 is 4.79 Å². The van der Waals surface area contributed by atoms with Gasteiger partial charge in [0, 0.05) is 34.5 Å². The predicted octanol–water partition coefficient (Wildman–Crippen LogP) is 3.28. The van der Waals surface area contributed by atoms with Crippen LogP contribution >= 0.6 is 11.3 Å². The van der Waals surface area contributed by atoms with Gasteiger partial charge in [-0.25, -0.2) is 9.97 Å². The summed E-state index contributed by atoms with van der Waals surface area (Å²) in [5, 5.41) is 5.12. The number of fused-ring (bicyclic) bond motifs is 1. The van der Waals surface area contributed by atoms with Crippen molar-refractivity contribution in [3.8, 4) is 0 Å². The molecule has 154 valence electrons. The highest BCUT2D eigenvalue weighted by Gasteiger charge is 2.21. The van der Waals surface area contributed by atoms with E-state index in [1.807, 2.05) is 44.3 Å². The Balaban J connectivity index is 1.63. The molecule has 4 rings (SSSR count). The molecule has 1 aromatic carbocycles. The van der Waals surface area contributed by atoms with Crippen LogP contribution in [0, 0.1) is 20.8 Å². The highest BCUT2D eigenvalue weighted by Crippen LogP contribution is 2.24. The zero-order valence-electron chi connectivity index (χ0n) is 17.1. The summed E-state index contributed by atoms with van der Waals surface area (Å²) in [4.78, 5) is 40.7. The number of para-hydroxylation sites is 1. The molecule has 1 amide bonds. The molecule has 0 aliphatic rings. The molecular weight excluding hydrogens is 398 g/mol. The average Bonchev–Trinajstić information content (AvgIpc) is 3.23. The summed E-state index contributed by atoms with van der Waals surface area (Å²) in [7, 11) is 0. The van der Waals surface area contributed by atoms with Gasteiger partial charge in [-0.2, -0.15) is 0 Å². The van der Waals surface area contributed by atoms with Crippen LogP contribution in [0.2, 0.25) is 0 Å². The SMILES string of the molecule is Cc1nc(C(Cc2c[nH]c3ccccc23)NC(=O)Cc2sc(C)nc2C)cc(=O)[nH]1. The van der Waals surface area contributed by atoms with E-state index >= 15 is 0 Å². The number of thiazole rings is 1. The third-order valence-corrected chi connectivity index (χ3v) is 6.06. The van der Waals surface area contributed by atoms with Gasteiger partial charge in [-0.1, -0.05) is 18.2 Å². The Hall–Kier alpha value is -3.26. The summed E-state index contributed by atoms with van der Waals surface area (Å²) in [6.07, 6.45) is 2.72. The standard InChI is InChI=1S/C22H23N5O2S/c1-12-20(30-14(3)24-12)10-22(29)27-18(19-9-21(28)26-13(2)25-19)8-15-11-23-17-7-5-4-6-16(15)17/h4-7,9,11,18,23H,8,10H2,1-3H3,(H,27,29)(H,25,26,28). The van der Waals surface area contributed by atoms with E-state index in [9.17, 15) is 9.59 Å². The van der Waals surface area contributed by atoms with Gasteiger partial charge in [0.25, 0.3) is 5.56 Å². The Labute approximate surface area is 177 Å². The average molecular weight is 422 g/mol. The first-order valence-electron chi connectivity index (χ1n) is 9.74. The fraction of sp³-hybridized carbons (Fsp3) is 0.273. The van der Waals surface area contributed by atoms with Crippen molar-refractivity contribution >= 4 is 28.1 Å². The number of H-pyrrole nitrogens is 2. The van der Waals surface area contributed by atoms with Gasteiger partial charge in [0.05, 0.1) is 28.9 Å². The van der Waals surface area contributed by atoms with Crippen LogP contribution in [0.3, 0.4) is 0 Å². The van der Waals surface area contributed by atoms with E-state index in [1.165, 1.54) is 17.4 Å². The third-order valence-electron chi connectivity index (χ3n) is 4.99. The Morgan fingerprint density at radius 1 is 1.20 bits per heavy atom. The second-order valence-electron chi connectivity index (χ2n) is 7.36. The first-order chi connectivity index (χ1) is 14.4. The number of carbonyl (C=O) groups excluding carboxylic acids is 1. The Bertz CT molecular complexity index is 1270. The number of aryl methyl sites for hydroxylation is 3. The first kappa shape index (κ1) is 20.0. The molecule has 0 aliphatic carbocycles. The summed E-state index contributed by atoms with van der Waals surface area (Å²) < 4.78 is 0. The number of amides is 1. The summed E-state index contributed by atoms with van der Waals surface area (Å²) in [5.41, 5.74) is 3.28. The quantitative estimate of drug-likeness (QED) is 0.444. The van der Waals surface area contributed by atoms with Crippen molar-refractivity contribution in [3.63, 3.8) is 0 Å². The van der Waals surface area contributed by atoms with Crippen LogP contribution < -0.4 is 10.9 Å². The number of aromatic nitrogens is 4.